The van der Waals surface area contributed by atoms with Gasteiger partial charge in [0.1, 0.15) is 5.82 Å². The summed E-state index contributed by atoms with van der Waals surface area (Å²) in [5.41, 5.74) is 3.09. The van der Waals surface area contributed by atoms with Crippen molar-refractivity contribution < 1.29 is 4.39 Å². The molecule has 0 heterocycles. The molecule has 2 aromatic rings. The van der Waals surface area contributed by atoms with E-state index in [4.69, 9.17) is 0 Å². The van der Waals surface area contributed by atoms with Crippen molar-refractivity contribution in [1.82, 2.24) is 5.32 Å². The van der Waals surface area contributed by atoms with Crippen molar-refractivity contribution in [3.63, 3.8) is 0 Å². The van der Waals surface area contributed by atoms with Crippen LogP contribution in [-0.4, -0.2) is 6.54 Å². The van der Waals surface area contributed by atoms with Crippen LogP contribution < -0.4 is 5.32 Å². The van der Waals surface area contributed by atoms with Gasteiger partial charge in [0.15, 0.2) is 0 Å². The maximum Gasteiger partial charge on any atom is 0.126 e. The smallest absolute Gasteiger partial charge is 0.126 e. The zero-order valence-electron chi connectivity index (χ0n) is 12.5. The van der Waals surface area contributed by atoms with Gasteiger partial charge >= 0.3 is 0 Å². The molecule has 0 spiro atoms. The minimum atomic E-state index is -0.145. The molecule has 0 amide bonds. The highest BCUT2D eigenvalue weighted by Gasteiger charge is 2.14. The molecule has 1 N–H and O–H groups in total. The van der Waals surface area contributed by atoms with Gasteiger partial charge in [0.2, 0.25) is 0 Å². The SMILES string of the molecule is CCCNC(Cc1ccccc1Br)c1ccc(F)c(C)c1. The van der Waals surface area contributed by atoms with Crippen LogP contribution in [0.1, 0.15) is 36.1 Å². The van der Waals surface area contributed by atoms with Gasteiger partial charge in [-0.25, -0.2) is 4.39 Å². The third kappa shape index (κ3) is 4.39. The molecular weight excluding hydrogens is 329 g/mol. The summed E-state index contributed by atoms with van der Waals surface area (Å²) in [6.07, 6.45) is 1.96. The van der Waals surface area contributed by atoms with Crippen LogP contribution in [0.2, 0.25) is 0 Å². The lowest BCUT2D eigenvalue weighted by Crippen LogP contribution is -2.24. The van der Waals surface area contributed by atoms with Crippen LogP contribution in [0.3, 0.4) is 0 Å². The first-order chi connectivity index (χ1) is 10.1. The highest BCUT2D eigenvalue weighted by atomic mass is 79.9. The summed E-state index contributed by atoms with van der Waals surface area (Å²) in [6.45, 7) is 4.91. The van der Waals surface area contributed by atoms with Crippen LogP contribution in [0.4, 0.5) is 4.39 Å². The van der Waals surface area contributed by atoms with Gasteiger partial charge in [0, 0.05) is 10.5 Å². The predicted molar refractivity (Wildman–Crippen MR) is 90.0 cm³/mol. The molecule has 1 unspecified atom stereocenters. The maximum atomic E-state index is 13.5. The van der Waals surface area contributed by atoms with Gasteiger partial charge in [-0.15, -0.1) is 0 Å². The summed E-state index contributed by atoms with van der Waals surface area (Å²) >= 11 is 3.60. The maximum absolute atomic E-state index is 13.5. The zero-order valence-corrected chi connectivity index (χ0v) is 14.1. The minimum Gasteiger partial charge on any atom is -0.310 e. The molecule has 1 nitrogen and oxygen atoms in total. The van der Waals surface area contributed by atoms with E-state index in [1.165, 1.54) is 5.56 Å². The van der Waals surface area contributed by atoms with E-state index in [0.717, 1.165) is 29.4 Å². The van der Waals surface area contributed by atoms with Crippen molar-refractivity contribution in [2.75, 3.05) is 6.54 Å². The number of aryl methyl sites for hydroxylation is 1. The molecule has 112 valence electrons. The van der Waals surface area contributed by atoms with Crippen LogP contribution in [0.25, 0.3) is 0 Å². The van der Waals surface area contributed by atoms with Crippen molar-refractivity contribution in [2.45, 2.75) is 32.7 Å². The van der Waals surface area contributed by atoms with E-state index in [2.05, 4.69) is 40.3 Å². The fraction of sp³-hybridized carbons (Fsp3) is 0.333. The highest BCUT2D eigenvalue weighted by Crippen LogP contribution is 2.25. The highest BCUT2D eigenvalue weighted by molar-refractivity contribution is 9.10. The van der Waals surface area contributed by atoms with Crippen molar-refractivity contribution in [1.29, 1.82) is 0 Å². The summed E-state index contributed by atoms with van der Waals surface area (Å²) in [4.78, 5) is 0. The third-order valence-electron chi connectivity index (χ3n) is 3.61. The van der Waals surface area contributed by atoms with Crippen molar-refractivity contribution in [2.24, 2.45) is 0 Å². The van der Waals surface area contributed by atoms with Gasteiger partial charge in [-0.1, -0.05) is 53.2 Å². The largest absolute Gasteiger partial charge is 0.310 e. The normalized spacial score (nSPS) is 12.4. The first kappa shape index (κ1) is 16.2. The molecule has 0 saturated heterocycles. The number of hydrogen-bond donors (Lipinski definition) is 1. The fourth-order valence-corrected chi connectivity index (χ4v) is 2.84. The standard InChI is InChI=1S/C18H21BrFN/c1-3-10-21-18(12-14-6-4-5-7-16(14)19)15-8-9-17(20)13(2)11-15/h4-9,11,18,21H,3,10,12H2,1-2H3. The fourth-order valence-electron chi connectivity index (χ4n) is 2.39. The van der Waals surface area contributed by atoms with Gasteiger partial charge in [-0.3, -0.25) is 0 Å². The number of nitrogens with one attached hydrogen (secondary N) is 1. The topological polar surface area (TPSA) is 12.0 Å². The molecule has 2 rings (SSSR count). The van der Waals surface area contributed by atoms with Crippen molar-refractivity contribution in [3.05, 3.63) is 69.4 Å². The second-order valence-corrected chi connectivity index (χ2v) is 6.17. The Morgan fingerprint density at radius 3 is 2.62 bits per heavy atom. The van der Waals surface area contributed by atoms with Crippen LogP contribution >= 0.6 is 15.9 Å². The Morgan fingerprint density at radius 1 is 1.19 bits per heavy atom. The molecule has 1 atom stereocenters. The van der Waals surface area contributed by atoms with E-state index >= 15 is 0 Å². The Morgan fingerprint density at radius 2 is 1.95 bits per heavy atom. The Labute approximate surface area is 134 Å². The quantitative estimate of drug-likeness (QED) is 0.757. The molecule has 0 fully saturated rings. The molecule has 2 aromatic carbocycles. The Kier molecular flexibility index (Phi) is 5.95. The lowest BCUT2D eigenvalue weighted by Gasteiger charge is -2.20. The van der Waals surface area contributed by atoms with Gasteiger partial charge in [0.25, 0.3) is 0 Å². The molecule has 0 aliphatic heterocycles. The van der Waals surface area contributed by atoms with Crippen LogP contribution in [-0.2, 0) is 6.42 Å². The molecule has 3 heteroatoms. The second kappa shape index (κ2) is 7.71. The molecule has 0 aliphatic carbocycles. The molecule has 0 radical (unpaired) electrons. The summed E-state index contributed by atoms with van der Waals surface area (Å²) in [5.74, 6) is -0.145. The summed E-state index contributed by atoms with van der Waals surface area (Å²) < 4.78 is 14.6. The average molecular weight is 350 g/mol. The van der Waals surface area contributed by atoms with Crippen LogP contribution in [0.15, 0.2) is 46.9 Å². The van der Waals surface area contributed by atoms with E-state index in [1.54, 1.807) is 6.07 Å². The monoisotopic (exact) mass is 349 g/mol. The molecule has 0 aliphatic rings. The first-order valence-electron chi connectivity index (χ1n) is 7.34. The van der Waals surface area contributed by atoms with Crippen molar-refractivity contribution >= 4 is 15.9 Å². The van der Waals surface area contributed by atoms with Gasteiger partial charge in [-0.2, -0.15) is 0 Å². The average Bonchev–Trinajstić information content (AvgIpc) is 2.48. The molecule has 0 bridgehead atoms. The summed E-state index contributed by atoms with van der Waals surface area (Å²) in [7, 11) is 0. The number of hydrogen-bond acceptors (Lipinski definition) is 1. The van der Waals surface area contributed by atoms with E-state index in [9.17, 15) is 4.39 Å². The van der Waals surface area contributed by atoms with E-state index < -0.39 is 0 Å². The zero-order chi connectivity index (χ0) is 15.2. The molecule has 21 heavy (non-hydrogen) atoms. The van der Waals surface area contributed by atoms with Crippen LogP contribution in [0, 0.1) is 12.7 Å². The molecule has 0 saturated carbocycles. The lowest BCUT2D eigenvalue weighted by molar-refractivity contribution is 0.526. The van der Waals surface area contributed by atoms with Crippen LogP contribution in [0.5, 0.6) is 0 Å². The first-order valence-corrected chi connectivity index (χ1v) is 8.14. The third-order valence-corrected chi connectivity index (χ3v) is 4.38. The molecular formula is C18H21BrFN. The number of benzene rings is 2. The van der Waals surface area contributed by atoms with Gasteiger partial charge < -0.3 is 5.32 Å². The predicted octanol–water partition coefficient (Wildman–Crippen LogP) is 5.18. The number of halogens is 2. The van der Waals surface area contributed by atoms with Gasteiger partial charge in [-0.05, 0) is 55.1 Å². The summed E-state index contributed by atoms with van der Waals surface area (Å²) in [5, 5.41) is 3.56. The minimum absolute atomic E-state index is 0.145. The second-order valence-electron chi connectivity index (χ2n) is 5.31. The Balaban J connectivity index is 2.25. The summed E-state index contributed by atoms with van der Waals surface area (Å²) in [6, 6.07) is 13.8. The molecule has 0 aromatic heterocycles. The Bertz CT molecular complexity index is 598. The van der Waals surface area contributed by atoms with Gasteiger partial charge in [0.05, 0.1) is 0 Å². The van der Waals surface area contributed by atoms with E-state index in [0.29, 0.717) is 5.56 Å². The van der Waals surface area contributed by atoms with E-state index in [-0.39, 0.29) is 11.9 Å². The Hall–Kier alpha value is -1.19. The number of rotatable bonds is 6. The van der Waals surface area contributed by atoms with Crippen molar-refractivity contribution in [3.8, 4) is 0 Å². The lowest BCUT2D eigenvalue weighted by atomic mass is 9.97. The van der Waals surface area contributed by atoms with E-state index in [1.807, 2.05) is 31.2 Å².